The first-order valence-corrected chi connectivity index (χ1v) is 8.97. The number of carbonyl (C=O) groups excluding carboxylic acids is 1. The molecule has 0 radical (unpaired) electrons. The number of anilines is 1. The number of nitro benzene ring substituents is 1. The van der Waals surface area contributed by atoms with Crippen LogP contribution in [0.4, 0.5) is 11.4 Å². The lowest BCUT2D eigenvalue weighted by Crippen LogP contribution is -2.24. The fourth-order valence-corrected chi connectivity index (χ4v) is 3.38. The maximum Gasteiger partial charge on any atom is 0.279 e. The van der Waals surface area contributed by atoms with E-state index in [-0.39, 0.29) is 16.6 Å². The number of nitrogens with one attached hydrogen (secondary N) is 1. The van der Waals surface area contributed by atoms with Crippen molar-refractivity contribution in [2.45, 2.75) is 13.5 Å². The zero-order valence-electron chi connectivity index (χ0n) is 15.5. The molecule has 0 saturated carbocycles. The summed E-state index contributed by atoms with van der Waals surface area (Å²) in [5.41, 5.74) is 0.481. The Morgan fingerprint density at radius 2 is 1.93 bits per heavy atom. The second-order valence-electron chi connectivity index (χ2n) is 6.43. The van der Waals surface area contributed by atoms with Crippen molar-refractivity contribution in [2.75, 3.05) is 5.32 Å². The molecule has 0 fully saturated rings. The van der Waals surface area contributed by atoms with E-state index in [1.165, 1.54) is 18.5 Å². The van der Waals surface area contributed by atoms with Crippen LogP contribution >= 0.6 is 0 Å². The van der Waals surface area contributed by atoms with Crippen LogP contribution in [0.5, 0.6) is 0 Å². The number of carbonyl (C=O) groups is 1. The average Bonchev–Trinajstić information content (AvgIpc) is 2.74. The summed E-state index contributed by atoms with van der Waals surface area (Å²) in [6.45, 7) is 2.31. The molecule has 2 heterocycles. The zero-order valence-corrected chi connectivity index (χ0v) is 15.5. The molecule has 8 heteroatoms. The van der Waals surface area contributed by atoms with Crippen LogP contribution in [-0.4, -0.2) is 20.4 Å². The summed E-state index contributed by atoms with van der Waals surface area (Å²) >= 11 is 0. The second kappa shape index (κ2) is 7.16. The highest BCUT2D eigenvalue weighted by Crippen LogP contribution is 2.31. The molecule has 0 bridgehead atoms. The minimum atomic E-state index is -0.575. The molecule has 0 aliphatic heterocycles. The molecular formula is C21H16N4O4. The number of non-ortho nitro benzene ring substituents is 1. The Labute approximate surface area is 164 Å². The number of amides is 1. The Kier molecular flexibility index (Phi) is 4.52. The Morgan fingerprint density at radius 1 is 1.17 bits per heavy atom. The molecule has 0 atom stereocenters. The molecule has 29 heavy (non-hydrogen) atoms. The molecule has 4 rings (SSSR count). The first kappa shape index (κ1) is 18.3. The SMILES string of the molecule is CCn1cc(C(=O)Nc2ccccc2)c(=O)c2cc([N+](=O)[O-])c3cccnc3c21. The maximum atomic E-state index is 13.1. The van der Waals surface area contributed by atoms with Gasteiger partial charge in [0.25, 0.3) is 11.6 Å². The van der Waals surface area contributed by atoms with Gasteiger partial charge >= 0.3 is 0 Å². The number of nitro groups is 1. The van der Waals surface area contributed by atoms with Gasteiger partial charge in [0.2, 0.25) is 5.43 Å². The molecule has 0 aliphatic rings. The molecule has 0 saturated heterocycles. The number of aromatic nitrogens is 2. The Hall–Kier alpha value is -4.07. The van der Waals surface area contributed by atoms with Crippen molar-refractivity contribution in [1.29, 1.82) is 0 Å². The van der Waals surface area contributed by atoms with E-state index in [9.17, 15) is 19.7 Å². The van der Waals surface area contributed by atoms with Crippen molar-refractivity contribution < 1.29 is 9.72 Å². The summed E-state index contributed by atoms with van der Waals surface area (Å²) in [6.07, 6.45) is 2.99. The number of rotatable bonds is 4. The summed E-state index contributed by atoms with van der Waals surface area (Å²) < 4.78 is 1.72. The first-order chi connectivity index (χ1) is 14.0. The van der Waals surface area contributed by atoms with Crippen LogP contribution in [0.15, 0.2) is 65.7 Å². The molecule has 0 aliphatic carbocycles. The van der Waals surface area contributed by atoms with Crippen molar-refractivity contribution in [1.82, 2.24) is 9.55 Å². The van der Waals surface area contributed by atoms with Crippen molar-refractivity contribution in [3.8, 4) is 0 Å². The van der Waals surface area contributed by atoms with Gasteiger partial charge in [-0.1, -0.05) is 18.2 Å². The number of aryl methyl sites for hydroxylation is 1. The van der Waals surface area contributed by atoms with E-state index in [1.54, 1.807) is 41.0 Å². The summed E-state index contributed by atoms with van der Waals surface area (Å²) in [7, 11) is 0. The molecule has 2 aromatic carbocycles. The van der Waals surface area contributed by atoms with Gasteiger partial charge in [-0.25, -0.2) is 0 Å². The molecule has 2 aromatic heterocycles. The van der Waals surface area contributed by atoms with E-state index < -0.39 is 16.3 Å². The number of nitrogens with zero attached hydrogens (tertiary/aromatic N) is 3. The number of hydrogen-bond acceptors (Lipinski definition) is 5. The largest absolute Gasteiger partial charge is 0.345 e. The molecule has 4 aromatic rings. The van der Waals surface area contributed by atoms with Crippen LogP contribution in [0.3, 0.4) is 0 Å². The Morgan fingerprint density at radius 3 is 2.62 bits per heavy atom. The highest BCUT2D eigenvalue weighted by molar-refractivity contribution is 6.11. The van der Waals surface area contributed by atoms with E-state index in [1.807, 2.05) is 13.0 Å². The van der Waals surface area contributed by atoms with Crippen molar-refractivity contribution in [3.05, 3.63) is 86.8 Å². The van der Waals surface area contributed by atoms with Crippen LogP contribution in [0.25, 0.3) is 21.8 Å². The third-order valence-corrected chi connectivity index (χ3v) is 4.72. The second-order valence-corrected chi connectivity index (χ2v) is 6.43. The van der Waals surface area contributed by atoms with E-state index in [0.29, 0.717) is 28.7 Å². The number of fused-ring (bicyclic) bond motifs is 3. The van der Waals surface area contributed by atoms with Gasteiger partial charge in [0, 0.05) is 30.7 Å². The third kappa shape index (κ3) is 3.10. The molecule has 0 spiro atoms. The van der Waals surface area contributed by atoms with Crippen molar-refractivity contribution in [3.63, 3.8) is 0 Å². The highest BCUT2D eigenvalue weighted by atomic mass is 16.6. The highest BCUT2D eigenvalue weighted by Gasteiger charge is 2.22. The summed E-state index contributed by atoms with van der Waals surface area (Å²) in [5, 5.41) is 14.7. The molecular weight excluding hydrogens is 372 g/mol. The van der Waals surface area contributed by atoms with E-state index in [2.05, 4.69) is 10.3 Å². The zero-order chi connectivity index (χ0) is 20.5. The lowest BCUT2D eigenvalue weighted by Gasteiger charge is -2.13. The minimum absolute atomic E-state index is 0.0884. The molecule has 0 unspecified atom stereocenters. The topological polar surface area (TPSA) is 107 Å². The number of para-hydroxylation sites is 1. The monoisotopic (exact) mass is 388 g/mol. The van der Waals surface area contributed by atoms with Crippen LogP contribution in [0, 0.1) is 10.1 Å². The predicted octanol–water partition coefficient (Wildman–Crippen LogP) is 3.73. The van der Waals surface area contributed by atoms with Gasteiger partial charge in [-0.3, -0.25) is 24.7 Å². The number of benzene rings is 2. The molecule has 8 nitrogen and oxygen atoms in total. The number of pyridine rings is 2. The van der Waals surface area contributed by atoms with Crippen LogP contribution in [-0.2, 0) is 6.54 Å². The minimum Gasteiger partial charge on any atom is -0.345 e. The lowest BCUT2D eigenvalue weighted by atomic mass is 10.1. The standard InChI is InChI=1S/C21H16N4O4/c1-2-24-12-16(21(27)23-13-7-4-3-5-8-13)20(26)15-11-17(25(28)29)14-9-6-10-22-18(14)19(15)24/h3-12H,2H2,1H3,(H,23,27). The fraction of sp³-hybridized carbons (Fsp3) is 0.0952. The van der Waals surface area contributed by atoms with E-state index in [0.717, 1.165) is 0 Å². The third-order valence-electron chi connectivity index (χ3n) is 4.72. The predicted molar refractivity (Wildman–Crippen MR) is 110 cm³/mol. The first-order valence-electron chi connectivity index (χ1n) is 8.97. The Bertz CT molecular complexity index is 1330. The maximum absolute atomic E-state index is 13.1. The average molecular weight is 388 g/mol. The quantitative estimate of drug-likeness (QED) is 0.326. The van der Waals surface area contributed by atoms with E-state index in [4.69, 9.17) is 0 Å². The molecule has 144 valence electrons. The van der Waals surface area contributed by atoms with Crippen LogP contribution < -0.4 is 10.7 Å². The van der Waals surface area contributed by atoms with Gasteiger partial charge in [0.05, 0.1) is 21.2 Å². The van der Waals surface area contributed by atoms with E-state index >= 15 is 0 Å². The molecule has 1 N–H and O–H groups in total. The summed E-state index contributed by atoms with van der Waals surface area (Å²) in [6, 6.07) is 13.2. The van der Waals surface area contributed by atoms with Gasteiger partial charge in [-0.15, -0.1) is 0 Å². The van der Waals surface area contributed by atoms with Crippen molar-refractivity contribution in [2.24, 2.45) is 0 Å². The smallest absolute Gasteiger partial charge is 0.279 e. The van der Waals surface area contributed by atoms with Crippen LogP contribution in [0.2, 0.25) is 0 Å². The van der Waals surface area contributed by atoms with Crippen LogP contribution in [0.1, 0.15) is 17.3 Å². The van der Waals surface area contributed by atoms with Gasteiger partial charge in [0.1, 0.15) is 11.1 Å². The Balaban J connectivity index is 2.01. The van der Waals surface area contributed by atoms with Gasteiger partial charge in [-0.05, 0) is 31.2 Å². The lowest BCUT2D eigenvalue weighted by molar-refractivity contribution is -0.382. The van der Waals surface area contributed by atoms with Gasteiger partial charge in [-0.2, -0.15) is 0 Å². The summed E-state index contributed by atoms with van der Waals surface area (Å²) in [4.78, 5) is 41.2. The van der Waals surface area contributed by atoms with Gasteiger partial charge in [0.15, 0.2) is 0 Å². The number of hydrogen-bond donors (Lipinski definition) is 1. The summed E-state index contributed by atoms with van der Waals surface area (Å²) in [5.74, 6) is -0.575. The van der Waals surface area contributed by atoms with Gasteiger partial charge < -0.3 is 9.88 Å². The normalized spacial score (nSPS) is 10.9. The van der Waals surface area contributed by atoms with Crippen molar-refractivity contribution >= 4 is 39.1 Å². The fourth-order valence-electron chi connectivity index (χ4n) is 3.38. The molecule has 1 amide bonds.